The molecule has 6 atom stereocenters. The fourth-order valence-electron chi connectivity index (χ4n) is 7.41. The number of piperidine rings is 2. The van der Waals surface area contributed by atoms with Crippen molar-refractivity contribution in [2.45, 2.75) is 89.4 Å². The number of rotatable bonds is 5. The third-order valence-corrected chi connectivity index (χ3v) is 9.15. The molecule has 0 aromatic rings. The van der Waals surface area contributed by atoms with E-state index in [1.165, 1.54) is 0 Å². The molecule has 4 fully saturated rings. The molecule has 3 N–H and O–H groups in total. The molecule has 0 aromatic carbocycles. The standard InChI is InChI=1S/C25H44N4O3/c1-16-20-14-19(24(3,4)27-16)15-21-22(32-13-9-25(20,21)28-17(2)30)6-10-26-23(31)18-7-11-29(5)12-8-18/h16,18-22,27H,6-15H2,1-5H3,(H,26,31)(H,28,30)/t16-,19-,20+,21+,22+,25+/m1/s1. The van der Waals surface area contributed by atoms with Crippen LogP contribution in [-0.4, -0.2) is 73.2 Å². The molecule has 7 heteroatoms. The normalized spacial score (nSPS) is 39.7. The maximum atomic E-state index is 12.7. The molecule has 182 valence electrons. The quantitative estimate of drug-likeness (QED) is 0.599. The molecule has 4 rings (SSSR count). The molecule has 3 saturated heterocycles. The summed E-state index contributed by atoms with van der Waals surface area (Å²) in [7, 11) is 2.12. The summed E-state index contributed by atoms with van der Waals surface area (Å²) in [6, 6.07) is 0.346. The van der Waals surface area contributed by atoms with Gasteiger partial charge in [0.1, 0.15) is 0 Å². The molecule has 2 bridgehead atoms. The van der Waals surface area contributed by atoms with Crippen LogP contribution in [0.4, 0.5) is 0 Å². The van der Waals surface area contributed by atoms with Gasteiger partial charge in [-0.25, -0.2) is 0 Å². The number of likely N-dealkylation sites (tertiary alicyclic amines) is 1. The Morgan fingerprint density at radius 3 is 2.53 bits per heavy atom. The second kappa shape index (κ2) is 9.22. The van der Waals surface area contributed by atoms with Crippen molar-refractivity contribution >= 4 is 11.8 Å². The number of amides is 2. The second-order valence-electron chi connectivity index (χ2n) is 11.6. The van der Waals surface area contributed by atoms with E-state index in [1.54, 1.807) is 6.92 Å². The zero-order chi connectivity index (χ0) is 23.1. The van der Waals surface area contributed by atoms with Gasteiger partial charge in [-0.05, 0) is 91.3 Å². The summed E-state index contributed by atoms with van der Waals surface area (Å²) in [5, 5.41) is 10.5. The highest BCUT2D eigenvalue weighted by Gasteiger charge is 2.60. The van der Waals surface area contributed by atoms with Crippen molar-refractivity contribution in [2.75, 3.05) is 33.3 Å². The number of nitrogens with one attached hydrogen (secondary N) is 3. The van der Waals surface area contributed by atoms with Crippen LogP contribution in [0.5, 0.6) is 0 Å². The van der Waals surface area contributed by atoms with E-state index in [-0.39, 0.29) is 40.8 Å². The zero-order valence-corrected chi connectivity index (χ0v) is 20.7. The monoisotopic (exact) mass is 448 g/mol. The summed E-state index contributed by atoms with van der Waals surface area (Å²) in [6.07, 6.45) is 5.85. The van der Waals surface area contributed by atoms with E-state index in [4.69, 9.17) is 4.74 Å². The van der Waals surface area contributed by atoms with Gasteiger partial charge in [0, 0.05) is 43.5 Å². The fourth-order valence-corrected chi connectivity index (χ4v) is 7.41. The van der Waals surface area contributed by atoms with E-state index in [1.807, 2.05) is 0 Å². The first-order chi connectivity index (χ1) is 15.1. The number of carbonyl (C=O) groups excluding carboxylic acids is 2. The number of carbonyl (C=O) groups is 2. The van der Waals surface area contributed by atoms with Gasteiger partial charge in [-0.1, -0.05) is 0 Å². The Hall–Kier alpha value is -1.18. The predicted molar refractivity (Wildman–Crippen MR) is 125 cm³/mol. The third-order valence-electron chi connectivity index (χ3n) is 9.15. The number of ether oxygens (including phenoxy) is 1. The van der Waals surface area contributed by atoms with E-state index >= 15 is 0 Å². The van der Waals surface area contributed by atoms with Crippen LogP contribution in [0.2, 0.25) is 0 Å². The summed E-state index contributed by atoms with van der Waals surface area (Å²) in [5.74, 6) is 1.65. The van der Waals surface area contributed by atoms with Gasteiger partial charge in [-0.2, -0.15) is 0 Å². The number of hydrogen-bond donors (Lipinski definition) is 3. The zero-order valence-electron chi connectivity index (χ0n) is 20.7. The van der Waals surface area contributed by atoms with Crippen LogP contribution < -0.4 is 16.0 Å². The molecule has 4 aliphatic rings. The highest BCUT2D eigenvalue weighted by atomic mass is 16.5. The Morgan fingerprint density at radius 1 is 1.16 bits per heavy atom. The van der Waals surface area contributed by atoms with Crippen molar-refractivity contribution in [3.63, 3.8) is 0 Å². The van der Waals surface area contributed by atoms with Crippen LogP contribution in [0.3, 0.4) is 0 Å². The van der Waals surface area contributed by atoms with Crippen molar-refractivity contribution in [2.24, 2.45) is 23.7 Å². The fraction of sp³-hybridized carbons (Fsp3) is 0.920. The minimum absolute atomic E-state index is 0.0571. The minimum atomic E-state index is -0.216. The molecule has 0 unspecified atom stereocenters. The average molecular weight is 449 g/mol. The van der Waals surface area contributed by atoms with Crippen molar-refractivity contribution in [1.82, 2.24) is 20.9 Å². The number of hydrogen-bond acceptors (Lipinski definition) is 5. The van der Waals surface area contributed by atoms with Crippen molar-refractivity contribution in [3.05, 3.63) is 0 Å². The summed E-state index contributed by atoms with van der Waals surface area (Å²) in [6.45, 7) is 11.9. The maximum Gasteiger partial charge on any atom is 0.223 e. The number of nitrogens with zero attached hydrogens (tertiary/aromatic N) is 1. The lowest BCUT2D eigenvalue weighted by molar-refractivity contribution is -0.160. The second-order valence-corrected chi connectivity index (χ2v) is 11.6. The minimum Gasteiger partial charge on any atom is -0.378 e. The topological polar surface area (TPSA) is 82.7 Å². The molecule has 0 aromatic heterocycles. The smallest absolute Gasteiger partial charge is 0.223 e. The third kappa shape index (κ3) is 4.58. The lowest BCUT2D eigenvalue weighted by atomic mass is 9.52. The summed E-state index contributed by atoms with van der Waals surface area (Å²) in [4.78, 5) is 27.3. The Kier molecular flexibility index (Phi) is 6.91. The van der Waals surface area contributed by atoms with E-state index in [0.29, 0.717) is 31.0 Å². The van der Waals surface area contributed by atoms with Gasteiger partial charge < -0.3 is 25.6 Å². The molecule has 2 amide bonds. The molecular weight excluding hydrogens is 404 g/mol. The Morgan fingerprint density at radius 2 is 1.84 bits per heavy atom. The lowest BCUT2D eigenvalue weighted by Gasteiger charge is -2.63. The molecule has 0 spiro atoms. The van der Waals surface area contributed by atoms with Gasteiger partial charge in [-0.3, -0.25) is 9.59 Å². The average Bonchev–Trinajstić information content (AvgIpc) is 2.71. The van der Waals surface area contributed by atoms with Crippen LogP contribution in [0.1, 0.15) is 66.2 Å². The largest absolute Gasteiger partial charge is 0.378 e. The molecular formula is C25H44N4O3. The van der Waals surface area contributed by atoms with Crippen LogP contribution in [0, 0.1) is 23.7 Å². The molecule has 3 aliphatic heterocycles. The van der Waals surface area contributed by atoms with Gasteiger partial charge in [-0.15, -0.1) is 0 Å². The molecule has 32 heavy (non-hydrogen) atoms. The van der Waals surface area contributed by atoms with Crippen LogP contribution in [-0.2, 0) is 14.3 Å². The summed E-state index contributed by atoms with van der Waals surface area (Å²) >= 11 is 0. The van der Waals surface area contributed by atoms with Crippen LogP contribution in [0.15, 0.2) is 0 Å². The summed E-state index contributed by atoms with van der Waals surface area (Å²) < 4.78 is 6.33. The first kappa shape index (κ1) is 24.0. The molecule has 1 aliphatic carbocycles. The Bertz CT molecular complexity index is 705. The Labute approximate surface area is 193 Å². The van der Waals surface area contributed by atoms with E-state index in [2.05, 4.69) is 48.7 Å². The lowest BCUT2D eigenvalue weighted by Crippen LogP contribution is -2.75. The SMILES string of the molecule is CC(=O)N[C@]12CCO[C@@H](CCNC(=O)C3CCN(C)CC3)[C@@H]1C[C@H]1C[C@H]2[C@@H](C)NC1(C)C. The highest BCUT2D eigenvalue weighted by Crippen LogP contribution is 2.54. The van der Waals surface area contributed by atoms with Crippen molar-refractivity contribution < 1.29 is 14.3 Å². The summed E-state index contributed by atoms with van der Waals surface area (Å²) in [5.41, 5.74) is -0.130. The molecule has 1 saturated carbocycles. The first-order valence-electron chi connectivity index (χ1n) is 12.8. The molecule has 0 radical (unpaired) electrons. The van der Waals surface area contributed by atoms with Gasteiger partial charge >= 0.3 is 0 Å². The van der Waals surface area contributed by atoms with Crippen LogP contribution >= 0.6 is 0 Å². The van der Waals surface area contributed by atoms with E-state index in [0.717, 1.165) is 51.6 Å². The van der Waals surface area contributed by atoms with E-state index < -0.39 is 0 Å². The van der Waals surface area contributed by atoms with Gasteiger partial charge in [0.25, 0.3) is 0 Å². The Balaban J connectivity index is 1.45. The van der Waals surface area contributed by atoms with E-state index in [9.17, 15) is 9.59 Å². The highest BCUT2D eigenvalue weighted by molar-refractivity contribution is 5.78. The van der Waals surface area contributed by atoms with Gasteiger partial charge in [0.2, 0.25) is 11.8 Å². The van der Waals surface area contributed by atoms with Crippen LogP contribution in [0.25, 0.3) is 0 Å². The molecule has 3 heterocycles. The predicted octanol–water partition coefficient (Wildman–Crippen LogP) is 1.91. The van der Waals surface area contributed by atoms with Gasteiger partial charge in [0.15, 0.2) is 0 Å². The van der Waals surface area contributed by atoms with Crippen molar-refractivity contribution in [1.29, 1.82) is 0 Å². The molecule has 7 nitrogen and oxygen atoms in total. The first-order valence-corrected chi connectivity index (χ1v) is 12.8. The van der Waals surface area contributed by atoms with Crippen molar-refractivity contribution in [3.8, 4) is 0 Å². The number of fused-ring (bicyclic) bond motifs is 4. The van der Waals surface area contributed by atoms with Gasteiger partial charge in [0.05, 0.1) is 11.6 Å². The maximum absolute atomic E-state index is 12.7.